The summed E-state index contributed by atoms with van der Waals surface area (Å²) in [5, 5.41) is 3.89. The highest BCUT2D eigenvalue weighted by molar-refractivity contribution is 9.09. The van der Waals surface area contributed by atoms with Gasteiger partial charge in [0.05, 0.1) is 0 Å². The third-order valence-electron chi connectivity index (χ3n) is 2.81. The molecule has 15 heavy (non-hydrogen) atoms. The van der Waals surface area contributed by atoms with E-state index >= 15 is 0 Å². The van der Waals surface area contributed by atoms with E-state index in [4.69, 9.17) is 0 Å². The first kappa shape index (κ1) is 10.7. The van der Waals surface area contributed by atoms with Gasteiger partial charge in [0.1, 0.15) is 0 Å². The summed E-state index contributed by atoms with van der Waals surface area (Å²) in [4.78, 5) is 0. The number of aryl methyl sites for hydroxylation is 2. The molecule has 0 bridgehead atoms. The molecule has 0 heterocycles. The Balaban J connectivity index is 2.51. The lowest BCUT2D eigenvalue weighted by molar-refractivity contribution is 0.947. The van der Waals surface area contributed by atoms with Crippen molar-refractivity contribution in [2.45, 2.75) is 19.8 Å². The number of halogens is 1. The molecule has 78 valence electrons. The number of benzene rings is 2. The minimum Gasteiger partial charge on any atom is -0.0928 e. The summed E-state index contributed by atoms with van der Waals surface area (Å²) in [7, 11) is 0. The highest BCUT2D eigenvalue weighted by atomic mass is 79.9. The molecule has 0 spiro atoms. The lowest BCUT2D eigenvalue weighted by Crippen LogP contribution is -1.89. The quantitative estimate of drug-likeness (QED) is 0.716. The molecule has 0 aliphatic heterocycles. The van der Waals surface area contributed by atoms with Crippen LogP contribution in [-0.4, -0.2) is 5.33 Å². The van der Waals surface area contributed by atoms with E-state index in [1.807, 2.05) is 0 Å². The van der Waals surface area contributed by atoms with E-state index in [1.54, 1.807) is 0 Å². The van der Waals surface area contributed by atoms with Gasteiger partial charge < -0.3 is 0 Å². The Labute approximate surface area is 99.4 Å². The Morgan fingerprint density at radius 2 is 1.73 bits per heavy atom. The van der Waals surface area contributed by atoms with Crippen LogP contribution in [0.5, 0.6) is 0 Å². The van der Waals surface area contributed by atoms with Gasteiger partial charge >= 0.3 is 0 Å². The average Bonchev–Trinajstić information content (AvgIpc) is 2.29. The monoisotopic (exact) mass is 262 g/mol. The van der Waals surface area contributed by atoms with Gasteiger partial charge in [-0.3, -0.25) is 0 Å². The van der Waals surface area contributed by atoms with Crippen molar-refractivity contribution in [1.82, 2.24) is 0 Å². The van der Waals surface area contributed by atoms with Crippen molar-refractivity contribution in [2.75, 3.05) is 5.33 Å². The number of hydrogen-bond acceptors (Lipinski definition) is 0. The lowest BCUT2D eigenvalue weighted by Gasteiger charge is -2.08. The van der Waals surface area contributed by atoms with E-state index < -0.39 is 0 Å². The van der Waals surface area contributed by atoms with Gasteiger partial charge in [0.25, 0.3) is 0 Å². The fraction of sp³-hybridized carbons (Fsp3) is 0.286. The predicted molar refractivity (Wildman–Crippen MR) is 70.8 cm³/mol. The van der Waals surface area contributed by atoms with Gasteiger partial charge in [-0.1, -0.05) is 52.3 Å². The van der Waals surface area contributed by atoms with Crippen molar-refractivity contribution < 1.29 is 0 Å². The molecular weight excluding hydrogens is 248 g/mol. The maximum atomic E-state index is 3.49. The van der Waals surface area contributed by atoms with Crippen LogP contribution in [0.15, 0.2) is 36.4 Å². The molecule has 0 N–H and O–H groups in total. The van der Waals surface area contributed by atoms with Crippen molar-refractivity contribution in [3.05, 3.63) is 47.5 Å². The summed E-state index contributed by atoms with van der Waals surface area (Å²) in [5.74, 6) is 0. The van der Waals surface area contributed by atoms with E-state index in [-0.39, 0.29) is 0 Å². The van der Waals surface area contributed by atoms with Crippen LogP contribution in [0.4, 0.5) is 0 Å². The van der Waals surface area contributed by atoms with Crippen LogP contribution in [0.1, 0.15) is 17.5 Å². The fourth-order valence-corrected chi connectivity index (χ4v) is 2.27. The first-order valence-electron chi connectivity index (χ1n) is 5.36. The number of fused-ring (bicyclic) bond motifs is 1. The van der Waals surface area contributed by atoms with Crippen LogP contribution in [0, 0.1) is 6.92 Å². The van der Waals surface area contributed by atoms with Gasteiger partial charge in [0.15, 0.2) is 0 Å². The molecule has 2 aromatic rings. The third kappa shape index (κ3) is 2.23. The van der Waals surface area contributed by atoms with Crippen molar-refractivity contribution >= 4 is 26.7 Å². The second-order valence-electron chi connectivity index (χ2n) is 3.88. The minimum absolute atomic E-state index is 1.08. The summed E-state index contributed by atoms with van der Waals surface area (Å²) >= 11 is 3.49. The van der Waals surface area contributed by atoms with E-state index in [0.717, 1.165) is 11.8 Å². The molecule has 0 radical (unpaired) electrons. The molecule has 2 aromatic carbocycles. The molecular formula is C14H15Br. The number of rotatable bonds is 3. The number of alkyl halides is 1. The van der Waals surface area contributed by atoms with Gasteiger partial charge in [-0.25, -0.2) is 0 Å². The Morgan fingerprint density at radius 1 is 1.00 bits per heavy atom. The fourth-order valence-electron chi connectivity index (χ4n) is 1.99. The van der Waals surface area contributed by atoms with E-state index in [1.165, 1.54) is 28.3 Å². The van der Waals surface area contributed by atoms with Crippen molar-refractivity contribution in [3.8, 4) is 0 Å². The summed E-state index contributed by atoms with van der Waals surface area (Å²) in [6.45, 7) is 2.18. The Bertz CT molecular complexity index is 460. The standard InChI is InChI=1S/C14H15Br/c1-11-8-9-12(5-4-10-15)14-7-3-2-6-13(11)14/h2-3,6-9H,4-5,10H2,1H3. The van der Waals surface area contributed by atoms with Crippen LogP contribution < -0.4 is 0 Å². The first-order valence-corrected chi connectivity index (χ1v) is 6.48. The normalized spacial score (nSPS) is 10.8. The van der Waals surface area contributed by atoms with Crippen LogP contribution in [0.2, 0.25) is 0 Å². The molecule has 0 nitrogen and oxygen atoms in total. The summed E-state index contributed by atoms with van der Waals surface area (Å²) < 4.78 is 0. The smallest absolute Gasteiger partial charge is 0.00344 e. The summed E-state index contributed by atoms with van der Waals surface area (Å²) in [6.07, 6.45) is 2.36. The lowest BCUT2D eigenvalue weighted by atomic mass is 9.98. The Hall–Kier alpha value is -0.820. The van der Waals surface area contributed by atoms with Gasteiger partial charge in [0, 0.05) is 5.33 Å². The largest absolute Gasteiger partial charge is 0.0928 e. The molecule has 0 amide bonds. The van der Waals surface area contributed by atoms with E-state index in [0.29, 0.717) is 0 Å². The van der Waals surface area contributed by atoms with Crippen LogP contribution in [-0.2, 0) is 6.42 Å². The Morgan fingerprint density at radius 3 is 2.47 bits per heavy atom. The highest BCUT2D eigenvalue weighted by Gasteiger charge is 2.02. The van der Waals surface area contributed by atoms with Crippen LogP contribution in [0.25, 0.3) is 10.8 Å². The molecule has 0 fully saturated rings. The third-order valence-corrected chi connectivity index (χ3v) is 3.37. The van der Waals surface area contributed by atoms with E-state index in [2.05, 4.69) is 59.3 Å². The summed E-state index contributed by atoms with van der Waals surface area (Å²) in [5.41, 5.74) is 2.84. The van der Waals surface area contributed by atoms with Crippen LogP contribution >= 0.6 is 15.9 Å². The molecule has 0 unspecified atom stereocenters. The minimum atomic E-state index is 1.08. The zero-order chi connectivity index (χ0) is 10.7. The molecule has 0 saturated carbocycles. The van der Waals surface area contributed by atoms with Crippen molar-refractivity contribution in [3.63, 3.8) is 0 Å². The summed E-state index contributed by atoms with van der Waals surface area (Å²) in [6, 6.07) is 13.2. The average molecular weight is 263 g/mol. The molecule has 1 heteroatoms. The Kier molecular flexibility index (Phi) is 3.42. The SMILES string of the molecule is Cc1ccc(CCCBr)c2ccccc12. The predicted octanol–water partition coefficient (Wildman–Crippen LogP) is 4.48. The van der Waals surface area contributed by atoms with Crippen molar-refractivity contribution in [2.24, 2.45) is 0 Å². The van der Waals surface area contributed by atoms with Crippen LogP contribution in [0.3, 0.4) is 0 Å². The molecule has 0 atom stereocenters. The highest BCUT2D eigenvalue weighted by Crippen LogP contribution is 2.23. The molecule has 0 aliphatic rings. The molecule has 0 saturated heterocycles. The van der Waals surface area contributed by atoms with Gasteiger partial charge in [-0.2, -0.15) is 0 Å². The number of hydrogen-bond donors (Lipinski definition) is 0. The van der Waals surface area contributed by atoms with Gasteiger partial charge in [-0.15, -0.1) is 0 Å². The maximum absolute atomic E-state index is 3.49. The van der Waals surface area contributed by atoms with E-state index in [9.17, 15) is 0 Å². The zero-order valence-electron chi connectivity index (χ0n) is 8.96. The maximum Gasteiger partial charge on any atom is 0.00344 e. The van der Waals surface area contributed by atoms with Gasteiger partial charge in [0.2, 0.25) is 0 Å². The topological polar surface area (TPSA) is 0 Å². The molecule has 0 aromatic heterocycles. The molecule has 2 rings (SSSR count). The first-order chi connectivity index (χ1) is 7.33. The second kappa shape index (κ2) is 4.80. The second-order valence-corrected chi connectivity index (χ2v) is 4.67. The van der Waals surface area contributed by atoms with Gasteiger partial charge in [-0.05, 0) is 41.7 Å². The zero-order valence-corrected chi connectivity index (χ0v) is 10.5. The molecule has 0 aliphatic carbocycles. The van der Waals surface area contributed by atoms with Crippen molar-refractivity contribution in [1.29, 1.82) is 0 Å².